The second kappa shape index (κ2) is 4.98. The van der Waals surface area contributed by atoms with Crippen molar-refractivity contribution >= 4 is 23.3 Å². The highest BCUT2D eigenvalue weighted by Crippen LogP contribution is 2.27. The van der Waals surface area contributed by atoms with E-state index in [-0.39, 0.29) is 22.9 Å². The minimum Gasteiger partial charge on any atom is -0.423 e. The van der Waals surface area contributed by atoms with Gasteiger partial charge in [0.05, 0.1) is 10.7 Å². The van der Waals surface area contributed by atoms with Gasteiger partial charge < -0.3 is 10.5 Å². The Labute approximate surface area is 92.0 Å². The van der Waals surface area contributed by atoms with Crippen LogP contribution in [0, 0.1) is 5.82 Å². The van der Waals surface area contributed by atoms with Crippen LogP contribution in [-0.4, -0.2) is 5.97 Å². The summed E-state index contributed by atoms with van der Waals surface area (Å²) in [5.74, 6) is -1.37. The number of esters is 1. The second-order valence-corrected chi connectivity index (χ2v) is 3.44. The maximum absolute atomic E-state index is 13.2. The van der Waals surface area contributed by atoms with Gasteiger partial charge in [-0.05, 0) is 6.42 Å². The first-order chi connectivity index (χ1) is 7.04. The molecular formula is C10H11ClFNO2. The van der Waals surface area contributed by atoms with Crippen LogP contribution in [0.3, 0.4) is 0 Å². The molecule has 15 heavy (non-hydrogen) atoms. The van der Waals surface area contributed by atoms with Crippen molar-refractivity contribution in [2.45, 2.75) is 19.8 Å². The summed E-state index contributed by atoms with van der Waals surface area (Å²) in [6.45, 7) is 1.83. The Morgan fingerprint density at radius 3 is 2.87 bits per heavy atom. The van der Waals surface area contributed by atoms with Crippen molar-refractivity contribution in [3.63, 3.8) is 0 Å². The Balaban J connectivity index is 2.86. The molecule has 0 aromatic heterocycles. The van der Waals surface area contributed by atoms with Crippen molar-refractivity contribution in [3.8, 4) is 5.75 Å². The number of anilines is 1. The maximum Gasteiger partial charge on any atom is 0.311 e. The molecule has 0 bridgehead atoms. The third-order valence-corrected chi connectivity index (χ3v) is 2.06. The fourth-order valence-corrected chi connectivity index (χ4v) is 1.15. The molecule has 0 aliphatic heterocycles. The molecule has 1 aromatic rings. The summed E-state index contributed by atoms with van der Waals surface area (Å²) < 4.78 is 18.0. The van der Waals surface area contributed by atoms with Crippen LogP contribution in [0.2, 0.25) is 5.02 Å². The van der Waals surface area contributed by atoms with E-state index in [0.29, 0.717) is 6.42 Å². The number of benzene rings is 1. The minimum absolute atomic E-state index is 0.115. The first-order valence-corrected chi connectivity index (χ1v) is 4.87. The molecule has 0 aliphatic rings. The largest absolute Gasteiger partial charge is 0.423 e. The van der Waals surface area contributed by atoms with E-state index in [1.54, 1.807) is 0 Å². The van der Waals surface area contributed by atoms with E-state index in [9.17, 15) is 9.18 Å². The van der Waals surface area contributed by atoms with Gasteiger partial charge in [-0.15, -0.1) is 0 Å². The molecule has 0 saturated carbocycles. The van der Waals surface area contributed by atoms with E-state index in [2.05, 4.69) is 0 Å². The Morgan fingerprint density at radius 1 is 1.60 bits per heavy atom. The zero-order valence-corrected chi connectivity index (χ0v) is 8.97. The predicted molar refractivity (Wildman–Crippen MR) is 56.4 cm³/mol. The van der Waals surface area contributed by atoms with Crippen LogP contribution >= 0.6 is 11.6 Å². The van der Waals surface area contributed by atoms with E-state index in [0.717, 1.165) is 6.07 Å². The van der Waals surface area contributed by atoms with Crippen molar-refractivity contribution in [1.29, 1.82) is 0 Å². The molecule has 0 amide bonds. The average molecular weight is 232 g/mol. The van der Waals surface area contributed by atoms with Crippen molar-refractivity contribution in [2.75, 3.05) is 5.73 Å². The Kier molecular flexibility index (Phi) is 3.91. The first kappa shape index (κ1) is 11.8. The van der Waals surface area contributed by atoms with Crippen LogP contribution in [0.1, 0.15) is 19.8 Å². The van der Waals surface area contributed by atoms with Gasteiger partial charge in [0, 0.05) is 18.6 Å². The highest BCUT2D eigenvalue weighted by Gasteiger charge is 2.11. The van der Waals surface area contributed by atoms with Crippen LogP contribution in [0.5, 0.6) is 5.75 Å². The monoisotopic (exact) mass is 231 g/mol. The molecule has 0 saturated heterocycles. The highest BCUT2D eigenvalue weighted by atomic mass is 35.5. The van der Waals surface area contributed by atoms with E-state index in [1.165, 1.54) is 6.07 Å². The molecule has 0 radical (unpaired) electrons. The normalized spacial score (nSPS) is 10.1. The Hall–Kier alpha value is -1.29. The third kappa shape index (κ3) is 3.09. The zero-order valence-electron chi connectivity index (χ0n) is 8.22. The molecular weight excluding hydrogens is 221 g/mol. The molecule has 0 atom stereocenters. The second-order valence-electron chi connectivity index (χ2n) is 3.03. The van der Waals surface area contributed by atoms with Gasteiger partial charge in [-0.1, -0.05) is 18.5 Å². The number of carbonyl (C=O) groups is 1. The molecule has 0 fully saturated rings. The summed E-state index contributed by atoms with van der Waals surface area (Å²) in [5.41, 5.74) is 5.48. The lowest BCUT2D eigenvalue weighted by Gasteiger charge is -2.06. The highest BCUT2D eigenvalue weighted by molar-refractivity contribution is 6.33. The van der Waals surface area contributed by atoms with Crippen LogP contribution < -0.4 is 10.5 Å². The maximum atomic E-state index is 13.2. The average Bonchev–Trinajstić information content (AvgIpc) is 2.14. The topological polar surface area (TPSA) is 52.3 Å². The molecule has 1 aromatic carbocycles. The number of ether oxygens (including phenoxy) is 1. The lowest BCUT2D eigenvalue weighted by Crippen LogP contribution is -2.08. The van der Waals surface area contributed by atoms with E-state index in [1.807, 2.05) is 6.92 Å². The number of hydrogen-bond acceptors (Lipinski definition) is 3. The van der Waals surface area contributed by atoms with E-state index < -0.39 is 11.8 Å². The Morgan fingerprint density at radius 2 is 2.27 bits per heavy atom. The number of rotatable bonds is 3. The quantitative estimate of drug-likeness (QED) is 0.494. The number of hydrogen-bond donors (Lipinski definition) is 1. The molecule has 1 rings (SSSR count). The van der Waals surface area contributed by atoms with Crippen molar-refractivity contribution in [2.24, 2.45) is 0 Å². The summed E-state index contributed by atoms with van der Waals surface area (Å²) in [6.07, 6.45) is 0.880. The predicted octanol–water partition coefficient (Wildman–Crippen LogP) is 2.77. The van der Waals surface area contributed by atoms with Crippen molar-refractivity contribution < 1.29 is 13.9 Å². The fraction of sp³-hybridized carbons (Fsp3) is 0.300. The van der Waals surface area contributed by atoms with Gasteiger partial charge in [0.1, 0.15) is 0 Å². The van der Waals surface area contributed by atoms with Gasteiger partial charge in [0.2, 0.25) is 0 Å². The van der Waals surface area contributed by atoms with Crippen LogP contribution in [0.25, 0.3) is 0 Å². The van der Waals surface area contributed by atoms with Gasteiger partial charge in [-0.3, -0.25) is 4.79 Å². The molecule has 3 nitrogen and oxygen atoms in total. The standard InChI is InChI=1S/C10H11ClFNO2/c1-2-3-10(14)15-9-4-6(11)8(13)5-7(9)12/h4-5H,2-3,13H2,1H3. The van der Waals surface area contributed by atoms with Crippen molar-refractivity contribution in [1.82, 2.24) is 0 Å². The number of nitrogens with two attached hydrogens (primary N) is 1. The van der Waals surface area contributed by atoms with Gasteiger partial charge in [0.15, 0.2) is 11.6 Å². The van der Waals surface area contributed by atoms with Crippen molar-refractivity contribution in [3.05, 3.63) is 23.0 Å². The summed E-state index contributed by atoms with van der Waals surface area (Å²) in [5, 5.41) is 0.163. The van der Waals surface area contributed by atoms with Gasteiger partial charge in [-0.25, -0.2) is 4.39 Å². The molecule has 2 N–H and O–H groups in total. The summed E-state index contributed by atoms with van der Waals surface area (Å²) in [4.78, 5) is 11.1. The summed E-state index contributed by atoms with van der Waals surface area (Å²) >= 11 is 5.66. The van der Waals surface area contributed by atoms with Crippen LogP contribution in [0.4, 0.5) is 10.1 Å². The van der Waals surface area contributed by atoms with Crippen LogP contribution in [-0.2, 0) is 4.79 Å². The molecule has 0 aliphatic carbocycles. The lowest BCUT2D eigenvalue weighted by atomic mass is 10.3. The summed E-state index contributed by atoms with van der Waals surface area (Å²) in [6, 6.07) is 2.22. The van der Waals surface area contributed by atoms with Gasteiger partial charge in [-0.2, -0.15) is 0 Å². The smallest absolute Gasteiger partial charge is 0.311 e. The van der Waals surface area contributed by atoms with E-state index >= 15 is 0 Å². The first-order valence-electron chi connectivity index (χ1n) is 4.49. The number of carbonyl (C=O) groups excluding carboxylic acids is 1. The number of halogens is 2. The van der Waals surface area contributed by atoms with E-state index in [4.69, 9.17) is 22.1 Å². The fourth-order valence-electron chi connectivity index (χ4n) is 1.000. The molecule has 82 valence electrons. The third-order valence-electron chi connectivity index (χ3n) is 1.73. The SMILES string of the molecule is CCCC(=O)Oc1cc(Cl)c(N)cc1F. The Bertz CT molecular complexity index is 382. The number of nitrogen functional groups attached to an aromatic ring is 1. The molecule has 0 spiro atoms. The van der Waals surface area contributed by atoms with Gasteiger partial charge in [0.25, 0.3) is 0 Å². The molecule has 5 heteroatoms. The van der Waals surface area contributed by atoms with Crippen LogP contribution in [0.15, 0.2) is 12.1 Å². The minimum atomic E-state index is -0.693. The van der Waals surface area contributed by atoms with Gasteiger partial charge >= 0.3 is 5.97 Å². The lowest BCUT2D eigenvalue weighted by molar-refractivity contribution is -0.134. The zero-order chi connectivity index (χ0) is 11.4. The molecule has 0 heterocycles. The summed E-state index contributed by atoms with van der Waals surface area (Å²) in [7, 11) is 0. The molecule has 0 unspecified atom stereocenters.